The summed E-state index contributed by atoms with van der Waals surface area (Å²) >= 11 is 9.27. The van der Waals surface area contributed by atoms with Crippen molar-refractivity contribution >= 4 is 61.5 Å². The molecule has 0 unspecified atom stereocenters. The number of anilines is 1. The third-order valence-electron chi connectivity index (χ3n) is 11.9. The third kappa shape index (κ3) is 6.99. The number of nitrogens with one attached hydrogen (secondary N) is 1. The average Bonchev–Trinajstić information content (AvgIpc) is 3.91. The van der Waals surface area contributed by atoms with E-state index in [0.717, 1.165) is 75.8 Å². The second-order valence-corrected chi connectivity index (χ2v) is 17.7. The molecule has 0 aliphatic heterocycles. The van der Waals surface area contributed by atoms with Crippen LogP contribution in [0.3, 0.4) is 0 Å². The summed E-state index contributed by atoms with van der Waals surface area (Å²) in [7, 11) is 1.77. The van der Waals surface area contributed by atoms with Crippen molar-refractivity contribution < 1.29 is 9.85 Å². The highest BCUT2D eigenvalue weighted by atomic mass is 35.5. The molecule has 61 heavy (non-hydrogen) atoms. The molecule has 6 aromatic heterocycles. The smallest absolute Gasteiger partial charge is 0.276 e. The molecule has 18 heteroatoms. The number of nitro groups is 2. The molecule has 1 N–H and O–H groups in total. The summed E-state index contributed by atoms with van der Waals surface area (Å²) in [5.74, 6) is 0.502. The standard InChI is InChI=1S/C22H24N6O2S.C21H20ClN5O2S/c1-10-11(2)17(13(4)19(12(10)3)28(29)30)18-20(16-8-9-24-21(23-7)25-16)27-14(5)15(6)31-22(27)26-18;1-9-10(2)16(12(4)18(11(9)3)27(28)29)17-19(15-7-8-23-20(22)24-15)26-13(5)14(6)30-21(26)25-17/h8-9H,1-7H3,(H,23,24,25);7-8H,1-6H3. The Hall–Kier alpha value is -6.17. The Labute approximate surface area is 364 Å². The van der Waals surface area contributed by atoms with Gasteiger partial charge in [0.2, 0.25) is 11.2 Å². The van der Waals surface area contributed by atoms with Crippen LogP contribution in [-0.4, -0.2) is 55.6 Å². The van der Waals surface area contributed by atoms with Crippen molar-refractivity contribution in [3.05, 3.63) is 116 Å². The second-order valence-electron chi connectivity index (χ2n) is 15.0. The number of hydrogen-bond acceptors (Lipinski definition) is 13. The van der Waals surface area contributed by atoms with Gasteiger partial charge in [-0.15, -0.1) is 22.7 Å². The largest absolute Gasteiger partial charge is 0.357 e. The van der Waals surface area contributed by atoms with E-state index in [9.17, 15) is 20.2 Å². The molecule has 0 amide bonds. The molecule has 0 aliphatic rings. The first-order valence-corrected chi connectivity index (χ1v) is 21.3. The van der Waals surface area contributed by atoms with E-state index in [-0.39, 0.29) is 26.5 Å². The Morgan fingerprint density at radius 1 is 0.574 bits per heavy atom. The van der Waals surface area contributed by atoms with Crippen molar-refractivity contribution in [2.24, 2.45) is 0 Å². The van der Waals surface area contributed by atoms with Gasteiger partial charge in [0, 0.05) is 74.0 Å². The lowest BCUT2D eigenvalue weighted by Crippen LogP contribution is -2.04. The minimum absolute atomic E-state index is 0.129. The number of halogens is 1. The molecule has 2 aromatic carbocycles. The Kier molecular flexibility index (Phi) is 11.3. The molecule has 0 atom stereocenters. The van der Waals surface area contributed by atoms with Gasteiger partial charge in [-0.3, -0.25) is 29.0 Å². The Bertz CT molecular complexity index is 3140. The molecule has 314 valence electrons. The van der Waals surface area contributed by atoms with E-state index < -0.39 is 0 Å². The maximum Gasteiger partial charge on any atom is 0.276 e. The Morgan fingerprint density at radius 2 is 0.984 bits per heavy atom. The first-order chi connectivity index (χ1) is 28.8. The van der Waals surface area contributed by atoms with Crippen LogP contribution < -0.4 is 5.32 Å². The predicted octanol–water partition coefficient (Wildman–Crippen LogP) is 11.3. The van der Waals surface area contributed by atoms with Crippen molar-refractivity contribution in [2.45, 2.75) is 83.1 Å². The summed E-state index contributed by atoms with van der Waals surface area (Å²) in [4.78, 5) is 54.3. The topological polar surface area (TPSA) is 184 Å². The number of benzene rings is 2. The quantitative estimate of drug-likeness (QED) is 0.0912. The van der Waals surface area contributed by atoms with Crippen LogP contribution in [0.2, 0.25) is 5.28 Å². The van der Waals surface area contributed by atoms with Crippen molar-refractivity contribution in [3.8, 4) is 45.3 Å². The van der Waals surface area contributed by atoms with Crippen LogP contribution >= 0.6 is 34.3 Å². The molecular weight excluding hydrogens is 834 g/mol. The summed E-state index contributed by atoms with van der Waals surface area (Å²) in [6.07, 6.45) is 3.30. The number of nitro benzene ring substituents is 2. The van der Waals surface area contributed by atoms with Crippen molar-refractivity contribution in [3.63, 3.8) is 0 Å². The van der Waals surface area contributed by atoms with E-state index in [2.05, 4.69) is 43.5 Å². The third-order valence-corrected chi connectivity index (χ3v) is 14.2. The number of rotatable bonds is 7. The molecule has 0 spiro atoms. The van der Waals surface area contributed by atoms with Gasteiger partial charge in [-0.1, -0.05) is 0 Å². The van der Waals surface area contributed by atoms with Crippen LogP contribution in [0.1, 0.15) is 65.6 Å². The van der Waals surface area contributed by atoms with Gasteiger partial charge in [0.25, 0.3) is 11.4 Å². The number of imidazole rings is 2. The molecule has 0 aliphatic carbocycles. The van der Waals surface area contributed by atoms with E-state index in [1.165, 1.54) is 0 Å². The molecule has 0 saturated heterocycles. The number of fused-ring (bicyclic) bond motifs is 2. The second kappa shape index (κ2) is 16.0. The van der Waals surface area contributed by atoms with Crippen LogP contribution in [0.4, 0.5) is 17.3 Å². The summed E-state index contributed by atoms with van der Waals surface area (Å²) in [6, 6.07) is 3.63. The van der Waals surface area contributed by atoms with Crippen LogP contribution in [0, 0.1) is 103 Å². The van der Waals surface area contributed by atoms with Crippen LogP contribution in [0.5, 0.6) is 0 Å². The first-order valence-electron chi connectivity index (χ1n) is 19.3. The van der Waals surface area contributed by atoms with Crippen LogP contribution in [0.15, 0.2) is 24.5 Å². The minimum Gasteiger partial charge on any atom is -0.357 e. The fraction of sp³-hybridized carbons (Fsp3) is 0.302. The molecule has 15 nitrogen and oxygen atoms in total. The van der Waals surface area contributed by atoms with Crippen molar-refractivity contribution in [1.29, 1.82) is 0 Å². The zero-order chi connectivity index (χ0) is 44.5. The molecular formula is C43H44ClN11O4S2. The highest BCUT2D eigenvalue weighted by Gasteiger charge is 2.31. The van der Waals surface area contributed by atoms with E-state index in [1.54, 1.807) is 75.9 Å². The number of nitrogens with zero attached hydrogens (tertiary/aromatic N) is 10. The van der Waals surface area contributed by atoms with E-state index in [4.69, 9.17) is 21.6 Å². The molecule has 0 fully saturated rings. The molecule has 0 saturated carbocycles. The summed E-state index contributed by atoms with van der Waals surface area (Å²) in [5.41, 5.74) is 14.6. The Balaban J connectivity index is 0.000000184. The zero-order valence-electron chi connectivity index (χ0n) is 36.1. The number of thiazole rings is 2. The predicted molar refractivity (Wildman–Crippen MR) is 244 cm³/mol. The lowest BCUT2D eigenvalue weighted by molar-refractivity contribution is -0.386. The zero-order valence-corrected chi connectivity index (χ0v) is 38.5. The average molecular weight is 878 g/mol. The first kappa shape index (κ1) is 42.9. The number of aryl methyl sites for hydroxylation is 4. The summed E-state index contributed by atoms with van der Waals surface area (Å²) in [5, 5.41) is 26.9. The Morgan fingerprint density at radius 3 is 1.38 bits per heavy atom. The van der Waals surface area contributed by atoms with Gasteiger partial charge in [0.15, 0.2) is 9.92 Å². The fourth-order valence-corrected chi connectivity index (χ4v) is 10.2. The summed E-state index contributed by atoms with van der Waals surface area (Å²) in [6.45, 7) is 23.2. The number of aromatic nitrogens is 8. The molecule has 0 bridgehead atoms. The highest BCUT2D eigenvalue weighted by Crippen LogP contribution is 2.45. The summed E-state index contributed by atoms with van der Waals surface area (Å²) < 4.78 is 4.14. The molecule has 8 aromatic rings. The monoisotopic (exact) mass is 877 g/mol. The molecule has 8 rings (SSSR count). The van der Waals surface area contributed by atoms with Gasteiger partial charge in [-0.2, -0.15) is 0 Å². The van der Waals surface area contributed by atoms with Crippen molar-refractivity contribution in [1.82, 2.24) is 38.7 Å². The SMILES string of the molecule is CNc1nccc(-c2c(-c3c(C)c(C)c(C)c([N+](=O)[O-])c3C)nc3sc(C)c(C)n23)n1.Cc1sc2nc(-c3c(C)c(C)c(C)c([N+](=O)[O-])c3C)c(-c3ccnc(Cl)n3)n2c1C. The fourth-order valence-electron chi connectivity index (χ4n) is 8.11. The maximum absolute atomic E-state index is 11.9. The van der Waals surface area contributed by atoms with E-state index in [1.807, 2.05) is 52.0 Å². The molecule has 6 heterocycles. The normalized spacial score (nSPS) is 11.4. The lowest BCUT2D eigenvalue weighted by atomic mass is 9.89. The van der Waals surface area contributed by atoms with Gasteiger partial charge in [0.05, 0.1) is 21.2 Å². The van der Waals surface area contributed by atoms with Gasteiger partial charge in [-0.05, 0) is 129 Å². The van der Waals surface area contributed by atoms with Crippen LogP contribution in [-0.2, 0) is 0 Å². The van der Waals surface area contributed by atoms with Crippen molar-refractivity contribution in [2.75, 3.05) is 12.4 Å². The van der Waals surface area contributed by atoms with E-state index in [0.29, 0.717) is 51.0 Å². The van der Waals surface area contributed by atoms with Gasteiger partial charge in [0.1, 0.15) is 22.8 Å². The van der Waals surface area contributed by atoms with Gasteiger partial charge in [-0.25, -0.2) is 29.9 Å². The van der Waals surface area contributed by atoms with Gasteiger partial charge < -0.3 is 5.32 Å². The van der Waals surface area contributed by atoms with E-state index >= 15 is 0 Å². The molecule has 0 radical (unpaired) electrons. The number of hydrogen-bond donors (Lipinski definition) is 1. The maximum atomic E-state index is 11.9. The minimum atomic E-state index is -0.310. The van der Waals surface area contributed by atoms with Gasteiger partial charge >= 0.3 is 0 Å². The lowest BCUT2D eigenvalue weighted by Gasteiger charge is -2.16. The van der Waals surface area contributed by atoms with Crippen LogP contribution in [0.25, 0.3) is 55.2 Å². The highest BCUT2D eigenvalue weighted by molar-refractivity contribution is 7.17.